The molecule has 0 bridgehead atoms. The van der Waals surface area contributed by atoms with E-state index in [4.69, 9.17) is 26.1 Å². The second-order valence-corrected chi connectivity index (χ2v) is 13.4. The maximum Gasteiger partial charge on any atom is 0.196 e. The normalized spacial score (nSPS) is 16.6. The van der Waals surface area contributed by atoms with Gasteiger partial charge in [0.25, 0.3) is 0 Å². The van der Waals surface area contributed by atoms with E-state index in [1.165, 1.54) is 30.7 Å². The first-order valence-electron chi connectivity index (χ1n) is 15.0. The minimum Gasteiger partial charge on any atom is -0.487 e. The summed E-state index contributed by atoms with van der Waals surface area (Å²) in [7, 11) is -3.56. The molecular weight excluding hydrogens is 643 g/mol. The highest BCUT2D eigenvalue weighted by Gasteiger charge is 2.44. The molecule has 1 aliphatic rings. The van der Waals surface area contributed by atoms with Gasteiger partial charge in [0, 0.05) is 30.2 Å². The Kier molecular flexibility index (Phi) is 9.62. The fraction of sp³-hybridized carbons (Fsp3) is 0.235. The van der Waals surface area contributed by atoms with Crippen molar-refractivity contribution in [3.63, 3.8) is 0 Å². The molecule has 47 heavy (non-hydrogen) atoms. The van der Waals surface area contributed by atoms with E-state index >= 15 is 0 Å². The number of anilines is 2. The molecule has 0 saturated heterocycles. The van der Waals surface area contributed by atoms with Crippen LogP contribution in [0.5, 0.6) is 5.75 Å². The Labute approximate surface area is 277 Å². The largest absolute Gasteiger partial charge is 0.487 e. The summed E-state index contributed by atoms with van der Waals surface area (Å²) in [5.74, 6) is 0.544. The highest BCUT2D eigenvalue weighted by Crippen LogP contribution is 2.40. The van der Waals surface area contributed by atoms with Crippen molar-refractivity contribution >= 4 is 43.8 Å². The molecule has 2 atom stereocenters. The molecule has 0 saturated carbocycles. The molecule has 2 aromatic carbocycles. The van der Waals surface area contributed by atoms with E-state index < -0.39 is 15.4 Å². The number of pyridine rings is 2. The Bertz CT molecular complexity index is 2010. The second kappa shape index (κ2) is 14.0. The van der Waals surface area contributed by atoms with Gasteiger partial charge in [0.1, 0.15) is 30.3 Å². The SMILES string of the molecule is CCC(NCCS(=O)(=O)c1ccccn1)C1(c2cc3c(Nc4ccc(OCc5cccc(F)c5)c(Cl)c4)ncnc3cn2)CC=CO1. The third kappa shape index (κ3) is 7.19. The lowest BCUT2D eigenvalue weighted by Gasteiger charge is -2.36. The van der Waals surface area contributed by atoms with Crippen LogP contribution in [-0.2, 0) is 26.8 Å². The highest BCUT2D eigenvalue weighted by atomic mass is 35.5. The first-order chi connectivity index (χ1) is 22.8. The van der Waals surface area contributed by atoms with Gasteiger partial charge in [-0.15, -0.1) is 0 Å². The average molecular weight is 675 g/mol. The average Bonchev–Trinajstić information content (AvgIpc) is 3.58. The lowest BCUT2D eigenvalue weighted by atomic mass is 9.85. The van der Waals surface area contributed by atoms with Crippen molar-refractivity contribution in [2.24, 2.45) is 0 Å². The van der Waals surface area contributed by atoms with E-state index in [0.717, 1.165) is 0 Å². The number of sulfone groups is 1. The van der Waals surface area contributed by atoms with Crippen molar-refractivity contribution in [2.75, 3.05) is 17.6 Å². The number of nitrogens with one attached hydrogen (secondary N) is 2. The van der Waals surface area contributed by atoms with Gasteiger partial charge >= 0.3 is 0 Å². The van der Waals surface area contributed by atoms with Crippen molar-refractivity contribution in [1.29, 1.82) is 0 Å². The number of hydrogen-bond donors (Lipinski definition) is 2. The molecule has 242 valence electrons. The van der Waals surface area contributed by atoms with Gasteiger partial charge in [0.05, 0.1) is 40.5 Å². The van der Waals surface area contributed by atoms with E-state index in [-0.39, 0.29) is 35.8 Å². The van der Waals surface area contributed by atoms with Crippen LogP contribution >= 0.6 is 11.6 Å². The third-order valence-electron chi connectivity index (χ3n) is 7.92. The topological polar surface area (TPSA) is 128 Å². The zero-order chi connectivity index (χ0) is 32.9. The molecule has 6 rings (SSSR count). The van der Waals surface area contributed by atoms with Gasteiger partial charge in [-0.25, -0.2) is 27.8 Å². The molecule has 0 amide bonds. The summed E-state index contributed by atoms with van der Waals surface area (Å²) in [5, 5.41) is 7.87. The van der Waals surface area contributed by atoms with Crippen LogP contribution in [0.15, 0.2) is 103 Å². The number of nitrogens with zero attached hydrogens (tertiary/aromatic N) is 4. The monoisotopic (exact) mass is 674 g/mol. The number of halogens is 2. The molecule has 3 aromatic heterocycles. The maximum atomic E-state index is 13.5. The van der Waals surface area contributed by atoms with Crippen LogP contribution in [0.3, 0.4) is 0 Å². The van der Waals surface area contributed by atoms with Gasteiger partial charge in [-0.05, 0) is 66.6 Å². The number of benzene rings is 2. The van der Waals surface area contributed by atoms with E-state index in [2.05, 4.69) is 25.6 Å². The second-order valence-electron chi connectivity index (χ2n) is 11.0. The number of ether oxygens (including phenoxy) is 2. The van der Waals surface area contributed by atoms with Gasteiger partial charge in [0.2, 0.25) is 0 Å². The summed E-state index contributed by atoms with van der Waals surface area (Å²) in [6.45, 7) is 2.39. The van der Waals surface area contributed by atoms with E-state index in [1.807, 2.05) is 25.1 Å². The molecular formula is C34H32ClFN6O4S. The summed E-state index contributed by atoms with van der Waals surface area (Å²) in [6, 6.07) is 17.9. The molecule has 2 N–H and O–H groups in total. The number of fused-ring (bicyclic) bond motifs is 1. The summed E-state index contributed by atoms with van der Waals surface area (Å²) in [6.07, 6.45) is 9.36. The van der Waals surface area contributed by atoms with Crippen molar-refractivity contribution < 1.29 is 22.3 Å². The third-order valence-corrected chi connectivity index (χ3v) is 9.83. The fourth-order valence-corrected chi connectivity index (χ4v) is 6.90. The van der Waals surface area contributed by atoms with Gasteiger partial charge in [-0.2, -0.15) is 0 Å². The van der Waals surface area contributed by atoms with Crippen LogP contribution in [0, 0.1) is 5.82 Å². The van der Waals surface area contributed by atoms with Gasteiger partial charge < -0.3 is 20.1 Å². The molecule has 10 nitrogen and oxygen atoms in total. The molecule has 0 spiro atoms. The number of rotatable bonds is 13. The fourth-order valence-electron chi connectivity index (χ4n) is 5.56. The van der Waals surface area contributed by atoms with Crippen LogP contribution in [0.2, 0.25) is 5.02 Å². The van der Waals surface area contributed by atoms with Crippen molar-refractivity contribution in [3.05, 3.63) is 120 Å². The van der Waals surface area contributed by atoms with Crippen LogP contribution in [0.4, 0.5) is 15.9 Å². The van der Waals surface area contributed by atoms with Crippen molar-refractivity contribution in [2.45, 2.75) is 43.0 Å². The zero-order valence-electron chi connectivity index (χ0n) is 25.4. The number of aromatic nitrogens is 4. The highest BCUT2D eigenvalue weighted by molar-refractivity contribution is 7.91. The predicted molar refractivity (Wildman–Crippen MR) is 178 cm³/mol. The molecule has 0 radical (unpaired) electrons. The summed E-state index contributed by atoms with van der Waals surface area (Å²) >= 11 is 6.54. The molecule has 13 heteroatoms. The Balaban J connectivity index is 1.21. The van der Waals surface area contributed by atoms with Crippen LogP contribution in [0.1, 0.15) is 31.0 Å². The van der Waals surface area contributed by atoms with Crippen molar-refractivity contribution in [1.82, 2.24) is 25.3 Å². The Morgan fingerprint density at radius 1 is 1.06 bits per heavy atom. The predicted octanol–water partition coefficient (Wildman–Crippen LogP) is 6.51. The molecule has 5 aromatic rings. The first kappa shape index (κ1) is 32.3. The van der Waals surface area contributed by atoms with Gasteiger partial charge in [-0.3, -0.25) is 4.98 Å². The van der Waals surface area contributed by atoms with Crippen LogP contribution in [0.25, 0.3) is 10.9 Å². The molecule has 1 aliphatic heterocycles. The van der Waals surface area contributed by atoms with Crippen LogP contribution < -0.4 is 15.4 Å². The summed E-state index contributed by atoms with van der Waals surface area (Å²) in [4.78, 5) is 17.6. The standard InChI is InChI=1S/C34H32ClFN6O4S/c1-2-30(37-14-16-47(43,44)32-9-3-4-13-38-32)34(12-6-15-46-34)31-19-26-28(20-39-31)40-22-41-33(26)42-25-10-11-29(27(35)18-25)45-21-23-7-5-8-24(36)17-23/h3-11,13,15,17-20,22,30,37H,2,12,14,16,21H2,1H3,(H,40,41,42). The molecule has 0 fully saturated rings. The Hall–Kier alpha value is -4.65. The Morgan fingerprint density at radius 3 is 2.70 bits per heavy atom. The lowest BCUT2D eigenvalue weighted by molar-refractivity contribution is -0.00222. The van der Waals surface area contributed by atoms with E-state index in [0.29, 0.717) is 57.3 Å². The molecule has 0 aliphatic carbocycles. The van der Waals surface area contributed by atoms with Crippen molar-refractivity contribution in [3.8, 4) is 5.75 Å². The lowest BCUT2D eigenvalue weighted by Crippen LogP contribution is -2.49. The maximum absolute atomic E-state index is 13.5. The number of hydrogen-bond acceptors (Lipinski definition) is 10. The van der Waals surface area contributed by atoms with Gasteiger partial charge in [-0.1, -0.05) is 36.7 Å². The Morgan fingerprint density at radius 2 is 1.96 bits per heavy atom. The smallest absolute Gasteiger partial charge is 0.196 e. The quantitative estimate of drug-likeness (QED) is 0.143. The summed E-state index contributed by atoms with van der Waals surface area (Å²) in [5.41, 5.74) is 1.75. The minimum atomic E-state index is -3.56. The molecule has 4 heterocycles. The van der Waals surface area contributed by atoms with Gasteiger partial charge in [0.15, 0.2) is 20.5 Å². The van der Waals surface area contributed by atoms with E-state index in [9.17, 15) is 12.8 Å². The first-order valence-corrected chi connectivity index (χ1v) is 17.1. The van der Waals surface area contributed by atoms with Crippen LogP contribution in [-0.4, -0.2) is 46.7 Å². The minimum absolute atomic E-state index is 0.0480. The zero-order valence-corrected chi connectivity index (χ0v) is 27.0. The molecule has 2 unspecified atom stereocenters. The summed E-state index contributed by atoms with van der Waals surface area (Å²) < 4.78 is 51.3. The van der Waals surface area contributed by atoms with E-state index in [1.54, 1.807) is 48.9 Å².